The van der Waals surface area contributed by atoms with Gasteiger partial charge < -0.3 is 10.2 Å². The van der Waals surface area contributed by atoms with Crippen LogP contribution in [0.25, 0.3) is 0 Å². The summed E-state index contributed by atoms with van der Waals surface area (Å²) in [5, 5.41) is 2.76. The molecule has 0 unspecified atom stereocenters. The third-order valence-electron chi connectivity index (χ3n) is 3.09. The summed E-state index contributed by atoms with van der Waals surface area (Å²) < 4.78 is 0. The number of amides is 1. The van der Waals surface area contributed by atoms with Gasteiger partial charge in [0.25, 0.3) is 0 Å². The van der Waals surface area contributed by atoms with Crippen molar-refractivity contribution < 1.29 is 4.79 Å². The van der Waals surface area contributed by atoms with Crippen LogP contribution in [0.1, 0.15) is 19.8 Å². The highest BCUT2D eigenvalue weighted by Gasteiger charge is 2.29. The van der Waals surface area contributed by atoms with Crippen molar-refractivity contribution in [3.8, 4) is 0 Å². The largest absolute Gasteiger partial charge is 0.333 e. The molecule has 0 spiro atoms. The van der Waals surface area contributed by atoms with Gasteiger partial charge in [-0.3, -0.25) is 9.79 Å². The topological polar surface area (TPSA) is 44.7 Å². The van der Waals surface area contributed by atoms with Crippen LogP contribution in [-0.4, -0.2) is 25.8 Å². The first-order valence-electron chi connectivity index (χ1n) is 6.20. The molecule has 1 saturated carbocycles. The van der Waals surface area contributed by atoms with E-state index in [1.54, 1.807) is 0 Å². The van der Waals surface area contributed by atoms with Gasteiger partial charge in [0, 0.05) is 38.3 Å². The van der Waals surface area contributed by atoms with Crippen molar-refractivity contribution in [1.82, 2.24) is 0 Å². The van der Waals surface area contributed by atoms with Gasteiger partial charge in [0.2, 0.25) is 5.91 Å². The van der Waals surface area contributed by atoms with Gasteiger partial charge >= 0.3 is 0 Å². The molecule has 0 radical (unpaired) electrons. The number of hydrogen-bond donors (Lipinski definition) is 1. The average molecular weight is 245 g/mol. The Hall–Kier alpha value is -1.84. The number of nitrogens with one attached hydrogen (secondary N) is 1. The minimum Gasteiger partial charge on any atom is -0.333 e. The summed E-state index contributed by atoms with van der Waals surface area (Å²) >= 11 is 0. The lowest BCUT2D eigenvalue weighted by Crippen LogP contribution is -2.27. The fourth-order valence-electron chi connectivity index (χ4n) is 2.05. The quantitative estimate of drug-likeness (QED) is 0.657. The number of nitrogens with zero attached hydrogens (tertiary/aromatic N) is 2. The van der Waals surface area contributed by atoms with Crippen LogP contribution >= 0.6 is 0 Å². The van der Waals surface area contributed by atoms with Gasteiger partial charge in [-0.15, -0.1) is 0 Å². The molecule has 2 rings (SSSR count). The van der Waals surface area contributed by atoms with Crippen molar-refractivity contribution in [3.05, 3.63) is 24.3 Å². The van der Waals surface area contributed by atoms with E-state index >= 15 is 0 Å². The SMILES string of the molecule is CN=C(C1CC1)N(C)c1ccc(NC(C)=O)cc1. The Morgan fingerprint density at radius 1 is 1.33 bits per heavy atom. The monoisotopic (exact) mass is 245 g/mol. The maximum Gasteiger partial charge on any atom is 0.221 e. The van der Waals surface area contributed by atoms with Crippen LogP contribution in [0, 0.1) is 5.92 Å². The molecule has 96 valence electrons. The Labute approximate surface area is 108 Å². The molecule has 1 aliphatic rings. The Balaban J connectivity index is 2.10. The fraction of sp³-hybridized carbons (Fsp3) is 0.429. The molecule has 0 heterocycles. The molecule has 1 amide bonds. The molecule has 0 bridgehead atoms. The van der Waals surface area contributed by atoms with E-state index in [4.69, 9.17) is 0 Å². The normalized spacial score (nSPS) is 15.4. The van der Waals surface area contributed by atoms with Gasteiger partial charge in [0.05, 0.1) is 0 Å². The Bertz CT molecular complexity index is 460. The molecular weight excluding hydrogens is 226 g/mol. The van der Waals surface area contributed by atoms with E-state index in [2.05, 4.69) is 15.2 Å². The summed E-state index contributed by atoms with van der Waals surface area (Å²) in [5.74, 6) is 1.71. The van der Waals surface area contributed by atoms with Crippen LogP contribution in [0.2, 0.25) is 0 Å². The molecule has 1 N–H and O–H groups in total. The molecule has 0 aliphatic heterocycles. The summed E-state index contributed by atoms with van der Waals surface area (Å²) in [5.41, 5.74) is 1.91. The second-order valence-corrected chi connectivity index (χ2v) is 4.64. The molecule has 1 fully saturated rings. The molecular formula is C14H19N3O. The number of amidine groups is 1. The van der Waals surface area contributed by atoms with Crippen molar-refractivity contribution in [2.45, 2.75) is 19.8 Å². The van der Waals surface area contributed by atoms with Gasteiger partial charge in [0.15, 0.2) is 0 Å². The maximum absolute atomic E-state index is 10.9. The maximum atomic E-state index is 10.9. The minimum absolute atomic E-state index is 0.0510. The van der Waals surface area contributed by atoms with Gasteiger partial charge in [-0.05, 0) is 37.1 Å². The zero-order chi connectivity index (χ0) is 13.1. The summed E-state index contributed by atoms with van der Waals surface area (Å²) in [4.78, 5) is 17.4. The van der Waals surface area contributed by atoms with Gasteiger partial charge in [-0.1, -0.05) is 0 Å². The van der Waals surface area contributed by atoms with Gasteiger partial charge in [0.1, 0.15) is 5.84 Å². The molecule has 4 nitrogen and oxygen atoms in total. The summed E-state index contributed by atoms with van der Waals surface area (Å²) in [6.45, 7) is 1.51. The second-order valence-electron chi connectivity index (χ2n) is 4.64. The Kier molecular flexibility index (Phi) is 3.65. The molecule has 4 heteroatoms. The smallest absolute Gasteiger partial charge is 0.221 e. The number of carbonyl (C=O) groups is 1. The van der Waals surface area contributed by atoms with E-state index in [-0.39, 0.29) is 5.91 Å². The van der Waals surface area contributed by atoms with Crippen LogP contribution in [0.4, 0.5) is 11.4 Å². The third kappa shape index (κ3) is 2.88. The number of carbonyl (C=O) groups excluding carboxylic acids is 1. The van der Waals surface area contributed by atoms with Crippen molar-refractivity contribution in [1.29, 1.82) is 0 Å². The van der Waals surface area contributed by atoms with Crippen molar-refractivity contribution in [3.63, 3.8) is 0 Å². The van der Waals surface area contributed by atoms with Crippen LogP contribution < -0.4 is 10.2 Å². The number of aliphatic imine (C=N–C) groups is 1. The van der Waals surface area contributed by atoms with E-state index in [9.17, 15) is 4.79 Å². The number of anilines is 2. The van der Waals surface area contributed by atoms with Crippen LogP contribution in [0.5, 0.6) is 0 Å². The molecule has 0 aromatic heterocycles. The summed E-state index contributed by atoms with van der Waals surface area (Å²) in [7, 11) is 3.88. The van der Waals surface area contributed by atoms with E-state index in [0.717, 1.165) is 17.2 Å². The Morgan fingerprint density at radius 2 is 1.94 bits per heavy atom. The van der Waals surface area contributed by atoms with Crippen molar-refractivity contribution in [2.75, 3.05) is 24.3 Å². The molecule has 1 aromatic rings. The van der Waals surface area contributed by atoms with E-state index in [0.29, 0.717) is 5.92 Å². The number of rotatable bonds is 3. The highest BCUT2D eigenvalue weighted by molar-refractivity contribution is 6.00. The summed E-state index contributed by atoms with van der Waals surface area (Å²) in [6.07, 6.45) is 2.47. The van der Waals surface area contributed by atoms with Crippen molar-refractivity contribution in [2.24, 2.45) is 10.9 Å². The van der Waals surface area contributed by atoms with Crippen LogP contribution in [0.3, 0.4) is 0 Å². The minimum atomic E-state index is -0.0510. The van der Waals surface area contributed by atoms with Crippen LogP contribution in [-0.2, 0) is 4.79 Å². The lowest BCUT2D eigenvalue weighted by molar-refractivity contribution is -0.114. The lowest BCUT2D eigenvalue weighted by Gasteiger charge is -2.21. The first-order chi connectivity index (χ1) is 8.61. The van der Waals surface area contributed by atoms with Crippen molar-refractivity contribution >= 4 is 23.1 Å². The predicted molar refractivity (Wildman–Crippen MR) is 75.2 cm³/mol. The highest BCUT2D eigenvalue weighted by Crippen LogP contribution is 2.33. The third-order valence-corrected chi connectivity index (χ3v) is 3.09. The van der Waals surface area contributed by atoms with Gasteiger partial charge in [-0.25, -0.2) is 0 Å². The number of hydrogen-bond acceptors (Lipinski definition) is 2. The Morgan fingerprint density at radius 3 is 2.39 bits per heavy atom. The molecule has 1 aromatic carbocycles. The second kappa shape index (κ2) is 5.21. The fourth-order valence-corrected chi connectivity index (χ4v) is 2.05. The number of benzene rings is 1. The highest BCUT2D eigenvalue weighted by atomic mass is 16.1. The molecule has 1 aliphatic carbocycles. The predicted octanol–water partition coefficient (Wildman–Crippen LogP) is 2.52. The summed E-state index contributed by atoms with van der Waals surface area (Å²) in [6, 6.07) is 7.82. The average Bonchev–Trinajstić information content (AvgIpc) is 3.14. The zero-order valence-electron chi connectivity index (χ0n) is 11.1. The lowest BCUT2D eigenvalue weighted by atomic mass is 10.2. The first-order valence-corrected chi connectivity index (χ1v) is 6.20. The first kappa shape index (κ1) is 12.6. The van der Waals surface area contributed by atoms with Gasteiger partial charge in [-0.2, -0.15) is 0 Å². The van der Waals surface area contributed by atoms with E-state index in [1.807, 2.05) is 38.4 Å². The standard InChI is InChI=1S/C14H19N3O/c1-10(18)16-12-6-8-13(9-7-12)17(3)14(15-2)11-4-5-11/h6-9,11H,4-5H2,1-3H3,(H,16,18). The van der Waals surface area contributed by atoms with Crippen LogP contribution in [0.15, 0.2) is 29.3 Å². The van der Waals surface area contributed by atoms with E-state index in [1.165, 1.54) is 19.8 Å². The molecule has 0 atom stereocenters. The zero-order valence-corrected chi connectivity index (χ0v) is 11.1. The molecule has 18 heavy (non-hydrogen) atoms. The molecule has 0 saturated heterocycles. The van der Waals surface area contributed by atoms with E-state index < -0.39 is 0 Å².